The first kappa shape index (κ1) is 21.3. The Kier molecular flexibility index (Phi) is 5.96. The zero-order valence-electron chi connectivity index (χ0n) is 17.0. The van der Waals surface area contributed by atoms with Gasteiger partial charge in [0.05, 0.1) is 28.4 Å². The molecule has 9 nitrogen and oxygen atoms in total. The molecule has 1 aliphatic carbocycles. The molecular formula is C20H21N5O4S2. The molecule has 1 unspecified atom stereocenters. The number of benzene rings is 1. The molecule has 162 valence electrons. The minimum atomic E-state index is -0.560. The number of hydrogen-bond acceptors (Lipinski definition) is 9. The van der Waals surface area contributed by atoms with Gasteiger partial charge in [-0.05, 0) is 44.2 Å². The van der Waals surface area contributed by atoms with E-state index in [1.54, 1.807) is 18.3 Å². The molecule has 0 aliphatic heterocycles. The van der Waals surface area contributed by atoms with E-state index < -0.39 is 10.2 Å². The fraction of sp³-hybridized carbons (Fsp3) is 0.350. The average molecular weight is 460 g/mol. The van der Waals surface area contributed by atoms with Gasteiger partial charge in [-0.3, -0.25) is 14.9 Å². The Bertz CT molecular complexity index is 1180. The van der Waals surface area contributed by atoms with Gasteiger partial charge in [-0.25, -0.2) is 9.97 Å². The molecule has 2 aromatic heterocycles. The van der Waals surface area contributed by atoms with Gasteiger partial charge >= 0.3 is 0 Å². The average Bonchev–Trinajstić information content (AvgIpc) is 3.12. The second-order valence-electron chi connectivity index (χ2n) is 7.17. The number of nitro groups is 1. The number of rotatable bonds is 6. The van der Waals surface area contributed by atoms with Crippen molar-refractivity contribution in [2.24, 2.45) is 0 Å². The third-order valence-corrected chi connectivity index (χ3v) is 7.27. The molecule has 0 saturated carbocycles. The van der Waals surface area contributed by atoms with Crippen LogP contribution in [0.15, 0.2) is 23.4 Å². The van der Waals surface area contributed by atoms with E-state index in [1.807, 2.05) is 0 Å². The number of methoxy groups -OCH3 is 1. The number of fused-ring (bicyclic) bond motifs is 3. The SMILES string of the molecule is COc1ccc([N+](=O)[O-])cc1NC(=O)C(C)Sc1nc(N)c2c3c(sc2n1)CCCC3. The number of amides is 1. The predicted molar refractivity (Wildman–Crippen MR) is 122 cm³/mol. The first-order valence-electron chi connectivity index (χ1n) is 9.75. The number of aromatic nitrogens is 2. The second-order valence-corrected chi connectivity index (χ2v) is 9.57. The number of nitrogens with one attached hydrogen (secondary N) is 1. The summed E-state index contributed by atoms with van der Waals surface area (Å²) in [5, 5.41) is 14.6. The van der Waals surface area contributed by atoms with Gasteiger partial charge in [-0.1, -0.05) is 11.8 Å². The number of carbonyl (C=O) groups is 1. The molecule has 2 heterocycles. The van der Waals surface area contributed by atoms with Crippen molar-refractivity contribution in [3.8, 4) is 5.75 Å². The number of carbonyl (C=O) groups excluding carboxylic acids is 1. The number of non-ortho nitro benzene ring substituents is 1. The summed E-state index contributed by atoms with van der Waals surface area (Å²) in [7, 11) is 1.43. The van der Waals surface area contributed by atoms with Crippen molar-refractivity contribution >= 4 is 56.4 Å². The highest BCUT2D eigenvalue weighted by Crippen LogP contribution is 2.39. The first-order valence-corrected chi connectivity index (χ1v) is 11.4. The summed E-state index contributed by atoms with van der Waals surface area (Å²) in [5.74, 6) is 0.429. The lowest BCUT2D eigenvalue weighted by atomic mass is 9.97. The van der Waals surface area contributed by atoms with Crippen LogP contribution in [-0.2, 0) is 17.6 Å². The summed E-state index contributed by atoms with van der Waals surface area (Å²) in [5.41, 5.74) is 7.61. The van der Waals surface area contributed by atoms with E-state index in [0.717, 1.165) is 29.5 Å². The molecule has 1 aliphatic rings. The quantitative estimate of drug-likeness (QED) is 0.243. The van der Waals surface area contributed by atoms with Crippen molar-refractivity contribution in [1.29, 1.82) is 0 Å². The lowest BCUT2D eigenvalue weighted by Crippen LogP contribution is -2.23. The fourth-order valence-electron chi connectivity index (χ4n) is 3.57. The molecule has 0 saturated heterocycles. The third-order valence-electron chi connectivity index (χ3n) is 5.13. The minimum absolute atomic E-state index is 0.139. The number of aryl methyl sites for hydroxylation is 2. The van der Waals surface area contributed by atoms with Crippen molar-refractivity contribution in [3.05, 3.63) is 38.8 Å². The number of anilines is 2. The van der Waals surface area contributed by atoms with Gasteiger partial charge in [0.15, 0.2) is 5.16 Å². The van der Waals surface area contributed by atoms with Crippen LogP contribution in [0.1, 0.15) is 30.2 Å². The van der Waals surface area contributed by atoms with Crippen molar-refractivity contribution in [2.75, 3.05) is 18.2 Å². The van der Waals surface area contributed by atoms with Crippen LogP contribution >= 0.6 is 23.1 Å². The van der Waals surface area contributed by atoms with Gasteiger partial charge in [-0.2, -0.15) is 0 Å². The molecular weight excluding hydrogens is 438 g/mol. The van der Waals surface area contributed by atoms with E-state index in [4.69, 9.17) is 10.5 Å². The lowest BCUT2D eigenvalue weighted by Gasteiger charge is -2.14. The molecule has 1 aromatic carbocycles. The normalized spacial score (nSPS) is 14.1. The van der Waals surface area contributed by atoms with Crippen LogP contribution in [0.3, 0.4) is 0 Å². The van der Waals surface area contributed by atoms with E-state index in [1.165, 1.54) is 53.9 Å². The highest BCUT2D eigenvalue weighted by atomic mass is 32.2. The first-order chi connectivity index (χ1) is 14.9. The standard InChI is InChI=1S/C20H21N5O4S2/c1-10(18(26)22-13-9-11(25(27)28)7-8-14(13)29-2)30-20-23-17(21)16-12-5-3-4-6-15(12)31-19(16)24-20/h7-10H,3-6H2,1-2H3,(H,22,26)(H2,21,23,24). The number of thioether (sulfide) groups is 1. The highest BCUT2D eigenvalue weighted by molar-refractivity contribution is 8.00. The van der Waals surface area contributed by atoms with E-state index >= 15 is 0 Å². The van der Waals surface area contributed by atoms with Crippen LogP contribution in [0.4, 0.5) is 17.2 Å². The molecule has 3 aromatic rings. The number of nitro benzene ring substituents is 1. The van der Waals surface area contributed by atoms with Crippen LogP contribution in [0.5, 0.6) is 5.75 Å². The van der Waals surface area contributed by atoms with Gasteiger partial charge in [-0.15, -0.1) is 11.3 Å². The number of nitrogen functional groups attached to an aromatic ring is 1. The summed E-state index contributed by atoms with van der Waals surface area (Å²) in [6.45, 7) is 1.72. The topological polar surface area (TPSA) is 133 Å². The van der Waals surface area contributed by atoms with E-state index in [9.17, 15) is 14.9 Å². The molecule has 0 spiro atoms. The van der Waals surface area contributed by atoms with E-state index in [-0.39, 0.29) is 17.3 Å². The molecule has 1 atom stereocenters. The Morgan fingerprint density at radius 3 is 2.87 bits per heavy atom. The number of hydrogen-bond donors (Lipinski definition) is 2. The van der Waals surface area contributed by atoms with Gasteiger partial charge in [0.25, 0.3) is 5.69 Å². The molecule has 0 fully saturated rings. The predicted octanol–water partition coefficient (Wildman–Crippen LogP) is 4.19. The Hall–Kier alpha value is -2.92. The molecule has 11 heteroatoms. The van der Waals surface area contributed by atoms with Gasteiger partial charge in [0.1, 0.15) is 16.4 Å². The summed E-state index contributed by atoms with van der Waals surface area (Å²) in [6, 6.07) is 4.03. The summed E-state index contributed by atoms with van der Waals surface area (Å²) >= 11 is 2.84. The van der Waals surface area contributed by atoms with Crippen LogP contribution in [0.2, 0.25) is 0 Å². The molecule has 0 bridgehead atoms. The van der Waals surface area contributed by atoms with Crippen molar-refractivity contribution in [2.45, 2.75) is 43.0 Å². The third kappa shape index (κ3) is 4.28. The van der Waals surface area contributed by atoms with Crippen molar-refractivity contribution in [1.82, 2.24) is 9.97 Å². The summed E-state index contributed by atoms with van der Waals surface area (Å²) in [4.78, 5) is 34.5. The number of thiophene rings is 1. The Morgan fingerprint density at radius 1 is 1.35 bits per heavy atom. The molecule has 1 amide bonds. The smallest absolute Gasteiger partial charge is 0.271 e. The van der Waals surface area contributed by atoms with Crippen molar-refractivity contribution < 1.29 is 14.5 Å². The molecule has 4 rings (SSSR count). The van der Waals surface area contributed by atoms with Gasteiger partial charge < -0.3 is 15.8 Å². The Labute approximate surface area is 186 Å². The lowest BCUT2D eigenvalue weighted by molar-refractivity contribution is -0.384. The summed E-state index contributed by atoms with van der Waals surface area (Å²) < 4.78 is 5.20. The highest BCUT2D eigenvalue weighted by Gasteiger charge is 2.23. The van der Waals surface area contributed by atoms with Crippen LogP contribution in [0.25, 0.3) is 10.2 Å². The molecule has 31 heavy (non-hydrogen) atoms. The number of nitrogens with zero attached hydrogens (tertiary/aromatic N) is 3. The zero-order valence-corrected chi connectivity index (χ0v) is 18.6. The van der Waals surface area contributed by atoms with Crippen molar-refractivity contribution in [3.63, 3.8) is 0 Å². The van der Waals surface area contributed by atoms with Gasteiger partial charge in [0, 0.05) is 17.0 Å². The molecule has 0 radical (unpaired) electrons. The van der Waals surface area contributed by atoms with E-state index in [0.29, 0.717) is 16.7 Å². The number of ether oxygens (including phenoxy) is 1. The Balaban J connectivity index is 1.54. The van der Waals surface area contributed by atoms with Crippen LogP contribution in [0, 0.1) is 10.1 Å². The van der Waals surface area contributed by atoms with Crippen LogP contribution < -0.4 is 15.8 Å². The number of nitrogens with two attached hydrogens (primary N) is 1. The zero-order chi connectivity index (χ0) is 22.1. The largest absolute Gasteiger partial charge is 0.495 e. The maximum absolute atomic E-state index is 12.7. The minimum Gasteiger partial charge on any atom is -0.495 e. The maximum Gasteiger partial charge on any atom is 0.271 e. The Morgan fingerprint density at radius 2 is 2.13 bits per heavy atom. The maximum atomic E-state index is 12.7. The fourth-order valence-corrected chi connectivity index (χ4v) is 5.68. The van der Waals surface area contributed by atoms with Gasteiger partial charge in [0.2, 0.25) is 5.91 Å². The molecule has 3 N–H and O–H groups in total. The monoisotopic (exact) mass is 459 g/mol. The van der Waals surface area contributed by atoms with Crippen LogP contribution in [-0.4, -0.2) is 33.2 Å². The summed E-state index contributed by atoms with van der Waals surface area (Å²) in [6.07, 6.45) is 4.36. The van der Waals surface area contributed by atoms with E-state index in [2.05, 4.69) is 15.3 Å². The second kappa shape index (κ2) is 8.67.